The van der Waals surface area contributed by atoms with Crippen LogP contribution in [-0.2, 0) is 14.3 Å². The predicted octanol–water partition coefficient (Wildman–Crippen LogP) is 0.509. The standard InChI is InChI=1S/C14H20N2O5/c1-3-20-10-13(17)15-16-14(18)11-6-4-5-7-12(11)21-9-8-19-2/h4-7H,3,8-10H2,1-2H3,(H,15,17)(H,16,18). The molecule has 1 rings (SSSR count). The number of hydrazine groups is 1. The van der Waals surface area contributed by atoms with Crippen LogP contribution in [0, 0.1) is 0 Å². The monoisotopic (exact) mass is 296 g/mol. The summed E-state index contributed by atoms with van der Waals surface area (Å²) in [7, 11) is 1.57. The summed E-state index contributed by atoms with van der Waals surface area (Å²) in [5.41, 5.74) is 4.90. The van der Waals surface area contributed by atoms with Gasteiger partial charge in [0.15, 0.2) is 0 Å². The van der Waals surface area contributed by atoms with Gasteiger partial charge in [-0.25, -0.2) is 0 Å². The third kappa shape index (κ3) is 6.24. The van der Waals surface area contributed by atoms with Gasteiger partial charge in [-0.3, -0.25) is 20.4 Å². The summed E-state index contributed by atoms with van der Waals surface area (Å²) in [6.07, 6.45) is 0. The molecule has 0 atom stereocenters. The van der Waals surface area contributed by atoms with Crippen LogP contribution in [0.1, 0.15) is 17.3 Å². The molecule has 0 aliphatic rings. The third-order valence-electron chi connectivity index (χ3n) is 2.43. The van der Waals surface area contributed by atoms with Crippen LogP contribution >= 0.6 is 0 Å². The summed E-state index contributed by atoms with van der Waals surface area (Å²) < 4.78 is 15.3. The summed E-state index contributed by atoms with van der Waals surface area (Å²) in [5, 5.41) is 0. The zero-order chi connectivity index (χ0) is 15.5. The molecular formula is C14H20N2O5. The van der Waals surface area contributed by atoms with Crippen molar-refractivity contribution in [2.24, 2.45) is 0 Å². The number of carbonyl (C=O) groups is 2. The maximum absolute atomic E-state index is 12.0. The highest BCUT2D eigenvalue weighted by Crippen LogP contribution is 2.17. The van der Waals surface area contributed by atoms with Crippen molar-refractivity contribution < 1.29 is 23.8 Å². The lowest BCUT2D eigenvalue weighted by Crippen LogP contribution is -2.43. The first-order valence-electron chi connectivity index (χ1n) is 6.56. The Morgan fingerprint density at radius 3 is 2.62 bits per heavy atom. The molecule has 0 heterocycles. The molecule has 0 saturated heterocycles. The van der Waals surface area contributed by atoms with E-state index in [2.05, 4.69) is 10.9 Å². The van der Waals surface area contributed by atoms with Crippen LogP contribution in [0.25, 0.3) is 0 Å². The van der Waals surface area contributed by atoms with Crippen molar-refractivity contribution in [2.45, 2.75) is 6.92 Å². The number of hydrogen-bond donors (Lipinski definition) is 2. The highest BCUT2D eigenvalue weighted by Gasteiger charge is 2.12. The molecule has 0 unspecified atom stereocenters. The number of para-hydroxylation sites is 1. The molecule has 7 nitrogen and oxygen atoms in total. The summed E-state index contributed by atoms with van der Waals surface area (Å²) in [5.74, 6) is -0.470. The number of hydrogen-bond acceptors (Lipinski definition) is 5. The maximum atomic E-state index is 12.0. The Balaban J connectivity index is 2.54. The molecule has 1 aromatic rings. The van der Waals surface area contributed by atoms with Crippen molar-refractivity contribution in [2.75, 3.05) is 33.5 Å². The van der Waals surface area contributed by atoms with E-state index in [4.69, 9.17) is 14.2 Å². The van der Waals surface area contributed by atoms with Gasteiger partial charge in [-0.15, -0.1) is 0 Å². The van der Waals surface area contributed by atoms with Gasteiger partial charge in [0, 0.05) is 13.7 Å². The molecule has 0 radical (unpaired) electrons. The SMILES string of the molecule is CCOCC(=O)NNC(=O)c1ccccc1OCCOC. The molecule has 0 spiro atoms. The largest absolute Gasteiger partial charge is 0.490 e. The average molecular weight is 296 g/mol. The Hall–Kier alpha value is -2.12. The van der Waals surface area contributed by atoms with Crippen molar-refractivity contribution >= 4 is 11.8 Å². The zero-order valence-electron chi connectivity index (χ0n) is 12.2. The van der Waals surface area contributed by atoms with Gasteiger partial charge in [0.25, 0.3) is 11.8 Å². The fourth-order valence-corrected chi connectivity index (χ4v) is 1.44. The Morgan fingerprint density at radius 2 is 1.90 bits per heavy atom. The molecule has 2 amide bonds. The molecule has 0 bridgehead atoms. The van der Waals surface area contributed by atoms with E-state index in [0.29, 0.717) is 31.1 Å². The summed E-state index contributed by atoms with van der Waals surface area (Å²) in [6.45, 7) is 2.85. The highest BCUT2D eigenvalue weighted by atomic mass is 16.5. The molecule has 0 saturated carbocycles. The minimum atomic E-state index is -0.465. The lowest BCUT2D eigenvalue weighted by atomic mass is 10.2. The first-order chi connectivity index (χ1) is 10.2. The van der Waals surface area contributed by atoms with Crippen LogP contribution in [0.3, 0.4) is 0 Å². The topological polar surface area (TPSA) is 85.9 Å². The smallest absolute Gasteiger partial charge is 0.273 e. The Kier molecular flexibility index (Phi) is 7.85. The van der Waals surface area contributed by atoms with Gasteiger partial charge in [0.1, 0.15) is 19.0 Å². The highest BCUT2D eigenvalue weighted by molar-refractivity contribution is 5.97. The molecule has 7 heteroatoms. The molecule has 0 aliphatic heterocycles. The second-order valence-corrected chi connectivity index (χ2v) is 3.98. The van der Waals surface area contributed by atoms with Crippen LogP contribution in [0.4, 0.5) is 0 Å². The van der Waals surface area contributed by atoms with Gasteiger partial charge in [-0.05, 0) is 19.1 Å². The van der Waals surface area contributed by atoms with Crippen molar-refractivity contribution in [3.63, 3.8) is 0 Å². The molecule has 116 valence electrons. The van der Waals surface area contributed by atoms with Crippen LogP contribution in [-0.4, -0.2) is 45.4 Å². The molecular weight excluding hydrogens is 276 g/mol. The van der Waals surface area contributed by atoms with E-state index in [1.165, 1.54) is 0 Å². The quantitative estimate of drug-likeness (QED) is 0.539. The molecule has 2 N–H and O–H groups in total. The number of amides is 2. The minimum Gasteiger partial charge on any atom is -0.490 e. The molecule has 0 aliphatic carbocycles. The zero-order valence-corrected chi connectivity index (χ0v) is 12.2. The van der Waals surface area contributed by atoms with Gasteiger partial charge in [0.05, 0.1) is 12.2 Å². The van der Waals surface area contributed by atoms with E-state index >= 15 is 0 Å². The van der Waals surface area contributed by atoms with E-state index in [0.717, 1.165) is 0 Å². The second kappa shape index (κ2) is 9.73. The molecule has 0 aromatic heterocycles. The predicted molar refractivity (Wildman–Crippen MR) is 75.9 cm³/mol. The lowest BCUT2D eigenvalue weighted by molar-refractivity contribution is -0.126. The molecule has 0 fully saturated rings. The number of rotatable bonds is 8. The van der Waals surface area contributed by atoms with Crippen molar-refractivity contribution in [1.82, 2.24) is 10.9 Å². The van der Waals surface area contributed by atoms with E-state index in [1.807, 2.05) is 0 Å². The van der Waals surface area contributed by atoms with E-state index in [9.17, 15) is 9.59 Å². The van der Waals surface area contributed by atoms with Crippen LogP contribution in [0.2, 0.25) is 0 Å². The Labute approximate surface area is 123 Å². The van der Waals surface area contributed by atoms with E-state index < -0.39 is 11.8 Å². The van der Waals surface area contributed by atoms with Crippen molar-refractivity contribution in [1.29, 1.82) is 0 Å². The van der Waals surface area contributed by atoms with Gasteiger partial charge >= 0.3 is 0 Å². The number of benzene rings is 1. The number of carbonyl (C=O) groups excluding carboxylic acids is 2. The van der Waals surface area contributed by atoms with Crippen LogP contribution in [0.15, 0.2) is 24.3 Å². The van der Waals surface area contributed by atoms with Gasteiger partial charge < -0.3 is 14.2 Å². The number of ether oxygens (including phenoxy) is 3. The summed E-state index contributed by atoms with van der Waals surface area (Å²) >= 11 is 0. The Morgan fingerprint density at radius 1 is 1.14 bits per heavy atom. The van der Waals surface area contributed by atoms with Gasteiger partial charge in [0.2, 0.25) is 0 Å². The van der Waals surface area contributed by atoms with E-state index in [1.54, 1.807) is 38.3 Å². The maximum Gasteiger partial charge on any atom is 0.273 e. The number of nitrogens with one attached hydrogen (secondary N) is 2. The first kappa shape index (κ1) is 16.9. The van der Waals surface area contributed by atoms with Gasteiger partial charge in [-0.1, -0.05) is 12.1 Å². The van der Waals surface area contributed by atoms with Gasteiger partial charge in [-0.2, -0.15) is 0 Å². The lowest BCUT2D eigenvalue weighted by Gasteiger charge is -2.12. The molecule has 21 heavy (non-hydrogen) atoms. The second-order valence-electron chi connectivity index (χ2n) is 3.98. The van der Waals surface area contributed by atoms with Crippen LogP contribution in [0.5, 0.6) is 5.75 Å². The normalized spacial score (nSPS) is 10.0. The third-order valence-corrected chi connectivity index (χ3v) is 2.43. The fraction of sp³-hybridized carbons (Fsp3) is 0.429. The van der Waals surface area contributed by atoms with Crippen LogP contribution < -0.4 is 15.6 Å². The van der Waals surface area contributed by atoms with Crippen molar-refractivity contribution in [3.05, 3.63) is 29.8 Å². The first-order valence-corrected chi connectivity index (χ1v) is 6.56. The summed E-state index contributed by atoms with van der Waals surface area (Å²) in [6, 6.07) is 6.74. The Bertz CT molecular complexity index is 464. The number of methoxy groups -OCH3 is 1. The van der Waals surface area contributed by atoms with Crippen molar-refractivity contribution in [3.8, 4) is 5.75 Å². The summed E-state index contributed by atoms with van der Waals surface area (Å²) in [4.78, 5) is 23.3. The minimum absolute atomic E-state index is 0.108. The fourth-order valence-electron chi connectivity index (χ4n) is 1.44. The average Bonchev–Trinajstić information content (AvgIpc) is 2.51. The molecule has 1 aromatic carbocycles. The van der Waals surface area contributed by atoms with E-state index in [-0.39, 0.29) is 6.61 Å².